The lowest BCUT2D eigenvalue weighted by Crippen LogP contribution is -2.34. The second-order valence-corrected chi connectivity index (χ2v) is 7.29. The normalized spacial score (nSPS) is 10.8. The summed E-state index contributed by atoms with van der Waals surface area (Å²) in [6.45, 7) is 4.59. The standard InChI is InChI=1S/C26H29N3O5/c1-5-28(6-2)24(30)18-34-25(31)15-13-20-17-29(21-10-8-7-9-11-21)27-26(20)19-12-14-22(32-3)23(16-19)33-4/h7-17H,5-6,18H2,1-4H3/b15-13+. The summed E-state index contributed by atoms with van der Waals surface area (Å²) in [6, 6.07) is 15.2. The van der Waals surface area contributed by atoms with E-state index in [1.165, 1.54) is 6.08 Å². The molecule has 0 aliphatic heterocycles. The van der Waals surface area contributed by atoms with Crippen LogP contribution in [0.1, 0.15) is 19.4 Å². The molecule has 0 bridgehead atoms. The Bertz CT molecular complexity index is 1150. The number of hydrogen-bond donors (Lipinski definition) is 0. The number of esters is 1. The third-order valence-corrected chi connectivity index (χ3v) is 5.27. The molecule has 0 saturated heterocycles. The third kappa shape index (κ3) is 5.83. The van der Waals surface area contributed by atoms with Crippen molar-refractivity contribution in [2.45, 2.75) is 13.8 Å². The van der Waals surface area contributed by atoms with Crippen molar-refractivity contribution in [2.24, 2.45) is 0 Å². The van der Waals surface area contributed by atoms with Gasteiger partial charge in [0.05, 0.1) is 19.9 Å². The Kier molecular flexibility index (Phi) is 8.45. The summed E-state index contributed by atoms with van der Waals surface area (Å²) in [4.78, 5) is 26.0. The van der Waals surface area contributed by atoms with Crippen molar-refractivity contribution in [2.75, 3.05) is 33.9 Å². The van der Waals surface area contributed by atoms with Gasteiger partial charge in [-0.15, -0.1) is 0 Å². The van der Waals surface area contributed by atoms with E-state index < -0.39 is 5.97 Å². The first kappa shape index (κ1) is 24.6. The summed E-state index contributed by atoms with van der Waals surface area (Å²) in [6.07, 6.45) is 4.75. The molecule has 0 aliphatic carbocycles. The summed E-state index contributed by atoms with van der Waals surface area (Å²) in [7, 11) is 3.15. The van der Waals surface area contributed by atoms with Gasteiger partial charge >= 0.3 is 5.97 Å². The van der Waals surface area contributed by atoms with Crippen molar-refractivity contribution in [3.63, 3.8) is 0 Å². The van der Waals surface area contributed by atoms with E-state index in [9.17, 15) is 9.59 Å². The molecule has 3 aromatic rings. The van der Waals surface area contributed by atoms with Crippen LogP contribution in [0.4, 0.5) is 0 Å². The molecule has 1 aromatic heterocycles. The molecule has 8 nitrogen and oxygen atoms in total. The molecule has 0 spiro atoms. The Morgan fingerprint density at radius 2 is 1.71 bits per heavy atom. The molecule has 1 heterocycles. The Labute approximate surface area is 199 Å². The Morgan fingerprint density at radius 3 is 2.35 bits per heavy atom. The van der Waals surface area contributed by atoms with Gasteiger partial charge in [-0.2, -0.15) is 5.10 Å². The quantitative estimate of drug-likeness (QED) is 0.334. The molecule has 0 aliphatic rings. The summed E-state index contributed by atoms with van der Waals surface area (Å²) >= 11 is 0. The monoisotopic (exact) mass is 463 g/mol. The van der Waals surface area contributed by atoms with Crippen molar-refractivity contribution in [3.8, 4) is 28.4 Å². The molecule has 0 N–H and O–H groups in total. The van der Waals surface area contributed by atoms with Crippen LogP contribution >= 0.6 is 0 Å². The molecule has 1 amide bonds. The number of aromatic nitrogens is 2. The number of likely N-dealkylation sites (N-methyl/N-ethyl adjacent to an activating group) is 1. The Balaban J connectivity index is 1.89. The lowest BCUT2D eigenvalue weighted by molar-refractivity contribution is -0.147. The average molecular weight is 464 g/mol. The van der Waals surface area contributed by atoms with Crippen molar-refractivity contribution >= 4 is 18.0 Å². The van der Waals surface area contributed by atoms with Crippen LogP contribution < -0.4 is 9.47 Å². The minimum Gasteiger partial charge on any atom is -0.493 e. The van der Waals surface area contributed by atoms with E-state index in [4.69, 9.17) is 19.3 Å². The molecule has 0 saturated carbocycles. The number of benzene rings is 2. The second-order valence-electron chi connectivity index (χ2n) is 7.29. The number of amides is 1. The number of rotatable bonds is 10. The highest BCUT2D eigenvalue weighted by Gasteiger charge is 2.15. The van der Waals surface area contributed by atoms with Gasteiger partial charge in [-0.1, -0.05) is 18.2 Å². The van der Waals surface area contributed by atoms with Gasteiger partial charge in [-0.25, -0.2) is 9.48 Å². The second kappa shape index (κ2) is 11.7. The van der Waals surface area contributed by atoms with Gasteiger partial charge in [0.25, 0.3) is 5.91 Å². The molecular formula is C26H29N3O5. The molecular weight excluding hydrogens is 434 g/mol. The van der Waals surface area contributed by atoms with E-state index in [0.29, 0.717) is 35.8 Å². The van der Waals surface area contributed by atoms with Crippen LogP contribution in [0.25, 0.3) is 23.0 Å². The average Bonchev–Trinajstić information content (AvgIpc) is 3.31. The van der Waals surface area contributed by atoms with E-state index in [-0.39, 0.29) is 12.5 Å². The lowest BCUT2D eigenvalue weighted by atomic mass is 10.1. The first-order valence-electron chi connectivity index (χ1n) is 11.0. The van der Waals surface area contributed by atoms with Crippen molar-refractivity contribution in [1.29, 1.82) is 0 Å². The van der Waals surface area contributed by atoms with Crippen molar-refractivity contribution in [3.05, 3.63) is 66.4 Å². The molecule has 0 atom stereocenters. The number of para-hydroxylation sites is 1. The topological polar surface area (TPSA) is 82.9 Å². The number of hydrogen-bond acceptors (Lipinski definition) is 6. The highest BCUT2D eigenvalue weighted by atomic mass is 16.5. The van der Waals surface area contributed by atoms with Crippen LogP contribution in [-0.4, -0.2) is 60.5 Å². The minimum atomic E-state index is -0.605. The summed E-state index contributed by atoms with van der Waals surface area (Å²) in [5.74, 6) is 0.340. The zero-order valence-electron chi connectivity index (χ0n) is 19.9. The van der Waals surface area contributed by atoms with E-state index in [1.807, 2.05) is 62.5 Å². The van der Waals surface area contributed by atoms with E-state index in [2.05, 4.69) is 0 Å². The summed E-state index contributed by atoms with van der Waals surface area (Å²) in [5.41, 5.74) is 3.00. The molecule has 8 heteroatoms. The number of ether oxygens (including phenoxy) is 3. The minimum absolute atomic E-state index is 0.227. The molecule has 0 radical (unpaired) electrons. The van der Waals surface area contributed by atoms with Crippen molar-refractivity contribution in [1.82, 2.24) is 14.7 Å². The predicted octanol–water partition coefficient (Wildman–Crippen LogP) is 3.98. The van der Waals surface area contributed by atoms with E-state index in [1.54, 1.807) is 35.9 Å². The van der Waals surface area contributed by atoms with Gasteiger partial charge in [-0.3, -0.25) is 4.79 Å². The van der Waals surface area contributed by atoms with Gasteiger partial charge in [0.2, 0.25) is 0 Å². The molecule has 0 unspecified atom stereocenters. The first-order chi connectivity index (χ1) is 16.5. The molecule has 2 aromatic carbocycles. The van der Waals surface area contributed by atoms with E-state index >= 15 is 0 Å². The van der Waals surface area contributed by atoms with Crippen LogP contribution in [0.15, 0.2) is 60.8 Å². The SMILES string of the molecule is CCN(CC)C(=O)COC(=O)/C=C/c1cn(-c2ccccc2)nc1-c1ccc(OC)c(OC)c1. The fraction of sp³-hybridized carbons (Fsp3) is 0.269. The fourth-order valence-corrected chi connectivity index (χ4v) is 3.44. The summed E-state index contributed by atoms with van der Waals surface area (Å²) < 4.78 is 17.6. The third-order valence-electron chi connectivity index (χ3n) is 5.27. The molecule has 34 heavy (non-hydrogen) atoms. The predicted molar refractivity (Wildman–Crippen MR) is 130 cm³/mol. The Hall–Kier alpha value is -4.07. The van der Waals surface area contributed by atoms with Crippen LogP contribution in [0.2, 0.25) is 0 Å². The first-order valence-corrected chi connectivity index (χ1v) is 11.0. The summed E-state index contributed by atoms with van der Waals surface area (Å²) in [5, 5.41) is 4.74. The van der Waals surface area contributed by atoms with Gasteiger partial charge in [0.15, 0.2) is 18.1 Å². The Morgan fingerprint density at radius 1 is 1.00 bits per heavy atom. The largest absolute Gasteiger partial charge is 0.493 e. The highest BCUT2D eigenvalue weighted by Crippen LogP contribution is 2.33. The fourth-order valence-electron chi connectivity index (χ4n) is 3.44. The van der Waals surface area contributed by atoms with Gasteiger partial charge in [-0.05, 0) is 50.3 Å². The maximum atomic E-state index is 12.3. The van der Waals surface area contributed by atoms with Crippen LogP contribution in [-0.2, 0) is 14.3 Å². The number of methoxy groups -OCH3 is 2. The van der Waals surface area contributed by atoms with E-state index in [0.717, 1.165) is 11.3 Å². The van der Waals surface area contributed by atoms with Crippen LogP contribution in [0.3, 0.4) is 0 Å². The highest BCUT2D eigenvalue weighted by molar-refractivity contribution is 5.90. The smallest absolute Gasteiger partial charge is 0.331 e. The lowest BCUT2D eigenvalue weighted by Gasteiger charge is -2.17. The molecule has 0 fully saturated rings. The molecule has 3 rings (SSSR count). The van der Waals surface area contributed by atoms with Gasteiger partial charge in [0.1, 0.15) is 5.69 Å². The molecule has 178 valence electrons. The van der Waals surface area contributed by atoms with Gasteiger partial charge in [0, 0.05) is 36.5 Å². The van der Waals surface area contributed by atoms with Crippen LogP contribution in [0, 0.1) is 0 Å². The number of carbonyl (C=O) groups excluding carboxylic acids is 2. The zero-order valence-corrected chi connectivity index (χ0v) is 19.9. The maximum absolute atomic E-state index is 12.3. The van der Waals surface area contributed by atoms with Gasteiger partial charge < -0.3 is 19.1 Å². The van der Waals surface area contributed by atoms with Crippen LogP contribution in [0.5, 0.6) is 11.5 Å². The number of carbonyl (C=O) groups is 2. The zero-order chi connectivity index (χ0) is 24.5. The van der Waals surface area contributed by atoms with Crippen molar-refractivity contribution < 1.29 is 23.8 Å². The maximum Gasteiger partial charge on any atom is 0.331 e. The number of nitrogens with zero attached hydrogens (tertiary/aromatic N) is 3.